The molecule has 1 atom stereocenters. The summed E-state index contributed by atoms with van der Waals surface area (Å²) in [5, 5.41) is 7.51. The molecule has 0 bridgehead atoms. The highest BCUT2D eigenvalue weighted by atomic mass is 16.5. The first-order valence-corrected chi connectivity index (χ1v) is 9.71. The molecule has 27 heavy (non-hydrogen) atoms. The van der Waals surface area contributed by atoms with Gasteiger partial charge < -0.3 is 15.0 Å². The Bertz CT molecular complexity index is 763. The van der Waals surface area contributed by atoms with Gasteiger partial charge in [-0.25, -0.2) is 4.68 Å². The minimum absolute atomic E-state index is 0.0457. The Kier molecular flexibility index (Phi) is 6.16. The summed E-state index contributed by atoms with van der Waals surface area (Å²) in [4.78, 5) is 15.3. The second kappa shape index (κ2) is 8.57. The quantitative estimate of drug-likeness (QED) is 0.845. The number of para-hydroxylation sites is 1. The van der Waals surface area contributed by atoms with Crippen LogP contribution in [0.5, 0.6) is 5.75 Å². The molecule has 1 aliphatic rings. The zero-order chi connectivity index (χ0) is 19.4. The van der Waals surface area contributed by atoms with Gasteiger partial charge in [-0.1, -0.05) is 32.0 Å². The highest BCUT2D eigenvalue weighted by molar-refractivity contribution is 5.93. The van der Waals surface area contributed by atoms with Gasteiger partial charge in [0, 0.05) is 6.07 Å². The zero-order valence-electron chi connectivity index (χ0n) is 16.7. The van der Waals surface area contributed by atoms with E-state index < -0.39 is 6.10 Å². The zero-order valence-corrected chi connectivity index (χ0v) is 16.7. The molecule has 1 amide bonds. The van der Waals surface area contributed by atoms with Gasteiger partial charge in [0.25, 0.3) is 5.91 Å². The van der Waals surface area contributed by atoms with E-state index >= 15 is 0 Å². The summed E-state index contributed by atoms with van der Waals surface area (Å²) in [5.74, 6) is 1.40. The molecule has 0 spiro atoms. The minimum Gasteiger partial charge on any atom is -0.480 e. The molecule has 1 aromatic heterocycles. The summed E-state index contributed by atoms with van der Waals surface area (Å²) in [5.41, 5.74) is 1.02. The Balaban J connectivity index is 1.71. The predicted octanol–water partition coefficient (Wildman–Crippen LogP) is 3.50. The molecule has 2 aromatic rings. The van der Waals surface area contributed by atoms with E-state index in [2.05, 4.69) is 22.4 Å². The van der Waals surface area contributed by atoms with E-state index in [1.165, 1.54) is 0 Å². The fourth-order valence-corrected chi connectivity index (χ4v) is 3.46. The summed E-state index contributed by atoms with van der Waals surface area (Å²) in [6.07, 6.45) is 3.26. The molecule has 146 valence electrons. The number of nitrogens with one attached hydrogen (secondary N) is 1. The lowest BCUT2D eigenvalue weighted by Crippen LogP contribution is -2.38. The van der Waals surface area contributed by atoms with E-state index in [9.17, 15) is 4.79 Å². The fourth-order valence-electron chi connectivity index (χ4n) is 3.46. The molecule has 1 aromatic carbocycles. The number of carbonyl (C=O) groups is 1. The second-order valence-corrected chi connectivity index (χ2v) is 7.73. The molecule has 0 unspecified atom stereocenters. The van der Waals surface area contributed by atoms with E-state index in [4.69, 9.17) is 4.74 Å². The number of hydrogen-bond acceptors (Lipinski definition) is 4. The van der Waals surface area contributed by atoms with Crippen LogP contribution in [0.25, 0.3) is 0 Å². The van der Waals surface area contributed by atoms with Crippen LogP contribution in [-0.4, -0.2) is 46.8 Å². The molecule has 0 saturated carbocycles. The van der Waals surface area contributed by atoms with Crippen LogP contribution in [0.1, 0.15) is 38.3 Å². The average Bonchev–Trinajstić information content (AvgIpc) is 3.09. The average molecular weight is 370 g/mol. The van der Waals surface area contributed by atoms with Crippen LogP contribution in [0, 0.1) is 12.8 Å². The lowest BCUT2D eigenvalue weighted by atomic mass is 10.1. The van der Waals surface area contributed by atoms with Gasteiger partial charge in [-0.3, -0.25) is 4.79 Å². The topological polar surface area (TPSA) is 59.4 Å². The maximum absolute atomic E-state index is 13.0. The number of amides is 1. The smallest absolute Gasteiger partial charge is 0.266 e. The maximum Gasteiger partial charge on any atom is 0.266 e. The molecule has 6 nitrogen and oxygen atoms in total. The third kappa shape index (κ3) is 4.69. The third-order valence-electron chi connectivity index (χ3n) is 5.17. The van der Waals surface area contributed by atoms with Gasteiger partial charge in [0.05, 0.1) is 12.2 Å². The minimum atomic E-state index is -0.563. The van der Waals surface area contributed by atoms with Gasteiger partial charge in [-0.15, -0.1) is 0 Å². The standard InChI is InChI=1S/C21H30N4O2/c1-15(2)20(27-18-8-6-5-7-16(18)3)21(26)23-19-9-12-22-25(19)17-10-13-24(4)14-11-17/h5-9,12,15,17,20H,10-11,13-14H2,1-4H3,(H,23,26)/t20-/m0/s1. The van der Waals surface area contributed by atoms with E-state index in [0.29, 0.717) is 6.04 Å². The summed E-state index contributed by atoms with van der Waals surface area (Å²) in [6, 6.07) is 9.96. The Labute approximate surface area is 161 Å². The largest absolute Gasteiger partial charge is 0.480 e. The normalized spacial score (nSPS) is 17.1. The monoisotopic (exact) mass is 370 g/mol. The molecule has 1 N–H and O–H groups in total. The number of aryl methyl sites for hydroxylation is 1. The first kappa shape index (κ1) is 19.4. The van der Waals surface area contributed by atoms with E-state index in [0.717, 1.165) is 43.1 Å². The first-order valence-electron chi connectivity index (χ1n) is 9.71. The summed E-state index contributed by atoms with van der Waals surface area (Å²) in [6.45, 7) is 8.07. The van der Waals surface area contributed by atoms with Crippen molar-refractivity contribution in [2.45, 2.75) is 45.8 Å². The van der Waals surface area contributed by atoms with Gasteiger partial charge in [0.15, 0.2) is 6.10 Å². The van der Waals surface area contributed by atoms with Crippen molar-refractivity contribution in [3.63, 3.8) is 0 Å². The van der Waals surface area contributed by atoms with Crippen molar-refractivity contribution in [3.05, 3.63) is 42.1 Å². The van der Waals surface area contributed by atoms with Crippen LogP contribution in [0.3, 0.4) is 0 Å². The molecule has 3 rings (SSSR count). The number of carbonyl (C=O) groups excluding carboxylic acids is 1. The van der Waals surface area contributed by atoms with E-state index in [-0.39, 0.29) is 11.8 Å². The number of likely N-dealkylation sites (tertiary alicyclic amines) is 1. The van der Waals surface area contributed by atoms with Crippen molar-refractivity contribution in [3.8, 4) is 5.75 Å². The van der Waals surface area contributed by atoms with Crippen molar-refractivity contribution >= 4 is 11.7 Å². The lowest BCUT2D eigenvalue weighted by molar-refractivity contribution is -0.124. The van der Waals surface area contributed by atoms with Crippen LogP contribution in [0.2, 0.25) is 0 Å². The molecule has 1 fully saturated rings. The Morgan fingerprint density at radius 1 is 1.22 bits per heavy atom. The van der Waals surface area contributed by atoms with E-state index in [1.54, 1.807) is 6.20 Å². The Hall–Kier alpha value is -2.34. The van der Waals surface area contributed by atoms with Crippen LogP contribution in [0.4, 0.5) is 5.82 Å². The number of nitrogens with zero attached hydrogens (tertiary/aromatic N) is 3. The lowest BCUT2D eigenvalue weighted by Gasteiger charge is -2.30. The van der Waals surface area contributed by atoms with Gasteiger partial charge in [-0.05, 0) is 57.5 Å². The fraction of sp³-hybridized carbons (Fsp3) is 0.524. The molecular formula is C21H30N4O2. The number of anilines is 1. The molecule has 6 heteroatoms. The number of piperidine rings is 1. The van der Waals surface area contributed by atoms with Crippen LogP contribution >= 0.6 is 0 Å². The summed E-state index contributed by atoms with van der Waals surface area (Å²) < 4.78 is 8.02. The number of benzene rings is 1. The highest BCUT2D eigenvalue weighted by Crippen LogP contribution is 2.26. The molecule has 2 heterocycles. The van der Waals surface area contributed by atoms with Crippen LogP contribution in [0.15, 0.2) is 36.5 Å². The van der Waals surface area contributed by atoms with E-state index in [1.807, 2.05) is 55.8 Å². The second-order valence-electron chi connectivity index (χ2n) is 7.73. The first-order chi connectivity index (χ1) is 13.0. The van der Waals surface area contributed by atoms with Crippen molar-refractivity contribution < 1.29 is 9.53 Å². The molecular weight excluding hydrogens is 340 g/mol. The summed E-state index contributed by atoms with van der Waals surface area (Å²) in [7, 11) is 2.14. The number of aromatic nitrogens is 2. The number of rotatable bonds is 6. The predicted molar refractivity (Wildman–Crippen MR) is 107 cm³/mol. The maximum atomic E-state index is 13.0. The van der Waals surface area contributed by atoms with Gasteiger partial charge in [0.1, 0.15) is 11.6 Å². The Morgan fingerprint density at radius 2 is 1.93 bits per heavy atom. The highest BCUT2D eigenvalue weighted by Gasteiger charge is 2.27. The number of hydrogen-bond donors (Lipinski definition) is 1. The molecule has 1 saturated heterocycles. The van der Waals surface area contributed by atoms with Crippen LogP contribution < -0.4 is 10.1 Å². The number of ether oxygens (including phenoxy) is 1. The molecule has 0 aliphatic carbocycles. The SMILES string of the molecule is Cc1ccccc1O[C@H](C(=O)Nc1ccnn1C1CCN(C)CC1)C(C)C. The van der Waals surface area contributed by atoms with Crippen molar-refractivity contribution in [1.29, 1.82) is 0 Å². The molecule has 0 radical (unpaired) electrons. The van der Waals surface area contributed by atoms with Gasteiger partial charge >= 0.3 is 0 Å². The molecule has 1 aliphatic heterocycles. The van der Waals surface area contributed by atoms with Gasteiger partial charge in [-0.2, -0.15) is 5.10 Å². The third-order valence-corrected chi connectivity index (χ3v) is 5.17. The van der Waals surface area contributed by atoms with Crippen LogP contribution in [-0.2, 0) is 4.79 Å². The Morgan fingerprint density at radius 3 is 2.59 bits per heavy atom. The van der Waals surface area contributed by atoms with Crippen molar-refractivity contribution in [2.75, 3.05) is 25.5 Å². The van der Waals surface area contributed by atoms with Crippen molar-refractivity contribution in [1.82, 2.24) is 14.7 Å². The van der Waals surface area contributed by atoms with Gasteiger partial charge in [0.2, 0.25) is 0 Å². The summed E-state index contributed by atoms with van der Waals surface area (Å²) >= 11 is 0. The van der Waals surface area contributed by atoms with Crippen molar-refractivity contribution in [2.24, 2.45) is 5.92 Å².